The van der Waals surface area contributed by atoms with Crippen LogP contribution in [0.3, 0.4) is 0 Å². The molecular weight excluding hydrogens is 322 g/mol. The van der Waals surface area contributed by atoms with Crippen molar-refractivity contribution in [3.63, 3.8) is 0 Å². The molecular formula is C14H16BrN3O2. The lowest BCUT2D eigenvalue weighted by Gasteiger charge is -2.40. The zero-order valence-corrected chi connectivity index (χ0v) is 12.7. The number of ether oxygens (including phenoxy) is 1. The zero-order chi connectivity index (χ0) is 14.1. The molecule has 6 heteroatoms. The Bertz CT molecular complexity index is 549. The third kappa shape index (κ3) is 2.40. The first-order valence-electron chi connectivity index (χ1n) is 6.65. The van der Waals surface area contributed by atoms with Crippen LogP contribution in [0.5, 0.6) is 5.75 Å². The predicted octanol–water partition coefficient (Wildman–Crippen LogP) is 1.83. The molecule has 106 valence electrons. The van der Waals surface area contributed by atoms with Gasteiger partial charge in [-0.15, -0.1) is 0 Å². The molecule has 1 amide bonds. The molecule has 2 aliphatic heterocycles. The molecule has 1 aromatic rings. The second-order valence-electron chi connectivity index (χ2n) is 4.95. The molecule has 5 nitrogen and oxygen atoms in total. The lowest BCUT2D eigenvalue weighted by atomic mass is 10.1. The highest BCUT2D eigenvalue weighted by Crippen LogP contribution is 2.34. The lowest BCUT2D eigenvalue weighted by molar-refractivity contribution is -0.126. The molecule has 1 saturated heterocycles. The molecule has 0 aliphatic carbocycles. The molecule has 0 bridgehead atoms. The SMILES string of the molecule is C=CC(=O)N1CCN2c3ncc(Br)cc3OCCC2C1. The second kappa shape index (κ2) is 5.44. The maximum atomic E-state index is 11.8. The van der Waals surface area contributed by atoms with Crippen molar-refractivity contribution >= 4 is 27.7 Å². The number of carbonyl (C=O) groups excluding carboxylic acids is 1. The maximum absolute atomic E-state index is 11.8. The van der Waals surface area contributed by atoms with Crippen LogP contribution >= 0.6 is 15.9 Å². The van der Waals surface area contributed by atoms with Gasteiger partial charge in [-0.25, -0.2) is 4.98 Å². The number of fused-ring (bicyclic) bond motifs is 3. The fourth-order valence-electron chi connectivity index (χ4n) is 2.75. The summed E-state index contributed by atoms with van der Waals surface area (Å²) >= 11 is 3.42. The topological polar surface area (TPSA) is 45.7 Å². The molecule has 1 atom stereocenters. The average Bonchev–Trinajstić information content (AvgIpc) is 2.64. The number of rotatable bonds is 1. The number of hydrogen-bond donors (Lipinski definition) is 0. The summed E-state index contributed by atoms with van der Waals surface area (Å²) in [6.07, 6.45) is 4.05. The third-order valence-electron chi connectivity index (χ3n) is 3.75. The zero-order valence-electron chi connectivity index (χ0n) is 11.1. The average molecular weight is 338 g/mol. The number of piperazine rings is 1. The van der Waals surface area contributed by atoms with Gasteiger partial charge >= 0.3 is 0 Å². The van der Waals surface area contributed by atoms with Gasteiger partial charge in [0.1, 0.15) is 0 Å². The molecule has 1 unspecified atom stereocenters. The van der Waals surface area contributed by atoms with Crippen LogP contribution in [0.15, 0.2) is 29.4 Å². The van der Waals surface area contributed by atoms with Crippen LogP contribution < -0.4 is 9.64 Å². The van der Waals surface area contributed by atoms with Crippen LogP contribution in [0.25, 0.3) is 0 Å². The third-order valence-corrected chi connectivity index (χ3v) is 4.18. The molecule has 3 rings (SSSR count). The summed E-state index contributed by atoms with van der Waals surface area (Å²) in [5.41, 5.74) is 0. The van der Waals surface area contributed by atoms with Crippen molar-refractivity contribution in [1.29, 1.82) is 0 Å². The van der Waals surface area contributed by atoms with E-state index in [1.807, 2.05) is 11.0 Å². The van der Waals surface area contributed by atoms with Gasteiger partial charge < -0.3 is 14.5 Å². The highest BCUT2D eigenvalue weighted by atomic mass is 79.9. The van der Waals surface area contributed by atoms with Gasteiger partial charge in [0.05, 0.1) is 12.6 Å². The van der Waals surface area contributed by atoms with Crippen LogP contribution in [0.1, 0.15) is 6.42 Å². The summed E-state index contributed by atoms with van der Waals surface area (Å²) in [4.78, 5) is 20.3. The lowest BCUT2D eigenvalue weighted by Crippen LogP contribution is -2.54. The number of pyridine rings is 1. The largest absolute Gasteiger partial charge is 0.490 e. The summed E-state index contributed by atoms with van der Waals surface area (Å²) in [5, 5.41) is 0. The molecule has 0 radical (unpaired) electrons. The van der Waals surface area contributed by atoms with Crippen molar-refractivity contribution in [2.75, 3.05) is 31.1 Å². The molecule has 1 aromatic heterocycles. The van der Waals surface area contributed by atoms with Gasteiger partial charge in [-0.2, -0.15) is 0 Å². The summed E-state index contributed by atoms with van der Waals surface area (Å²) in [6.45, 7) is 6.36. The molecule has 20 heavy (non-hydrogen) atoms. The number of halogens is 1. The summed E-state index contributed by atoms with van der Waals surface area (Å²) < 4.78 is 6.70. The monoisotopic (exact) mass is 337 g/mol. The highest BCUT2D eigenvalue weighted by Gasteiger charge is 2.33. The van der Waals surface area contributed by atoms with E-state index in [-0.39, 0.29) is 11.9 Å². The van der Waals surface area contributed by atoms with Gasteiger partial charge in [-0.1, -0.05) is 6.58 Å². The maximum Gasteiger partial charge on any atom is 0.246 e. The fraction of sp³-hybridized carbons (Fsp3) is 0.429. The Kier molecular flexibility index (Phi) is 3.65. The van der Waals surface area contributed by atoms with E-state index in [9.17, 15) is 4.79 Å². The van der Waals surface area contributed by atoms with E-state index < -0.39 is 0 Å². The number of aromatic nitrogens is 1. The molecule has 0 aromatic carbocycles. The van der Waals surface area contributed by atoms with Crippen LogP contribution in [0.4, 0.5) is 5.82 Å². The Morgan fingerprint density at radius 1 is 1.55 bits per heavy atom. The molecule has 1 fully saturated rings. The number of carbonyl (C=O) groups is 1. The van der Waals surface area contributed by atoms with Crippen LogP contribution in [0.2, 0.25) is 0 Å². The van der Waals surface area contributed by atoms with Gasteiger partial charge in [0, 0.05) is 36.7 Å². The van der Waals surface area contributed by atoms with Gasteiger partial charge in [0.25, 0.3) is 0 Å². The first kappa shape index (κ1) is 13.4. The van der Waals surface area contributed by atoms with Crippen molar-refractivity contribution in [2.45, 2.75) is 12.5 Å². The predicted molar refractivity (Wildman–Crippen MR) is 80.0 cm³/mol. The molecule has 3 heterocycles. The smallest absolute Gasteiger partial charge is 0.246 e. The number of anilines is 1. The van der Waals surface area contributed by atoms with Gasteiger partial charge in [0.15, 0.2) is 11.6 Å². The van der Waals surface area contributed by atoms with Gasteiger partial charge in [0.2, 0.25) is 5.91 Å². The molecule has 0 saturated carbocycles. The summed E-state index contributed by atoms with van der Waals surface area (Å²) in [6, 6.07) is 2.20. The summed E-state index contributed by atoms with van der Waals surface area (Å²) in [5.74, 6) is 1.69. The minimum absolute atomic E-state index is 0.00111. The minimum Gasteiger partial charge on any atom is -0.490 e. The van der Waals surface area contributed by atoms with Crippen LogP contribution in [-0.4, -0.2) is 48.1 Å². The second-order valence-corrected chi connectivity index (χ2v) is 5.86. The fourth-order valence-corrected chi connectivity index (χ4v) is 3.06. The van der Waals surface area contributed by atoms with Crippen molar-refractivity contribution in [1.82, 2.24) is 9.88 Å². The Morgan fingerprint density at radius 3 is 3.20 bits per heavy atom. The van der Waals surface area contributed by atoms with E-state index in [0.717, 1.165) is 29.0 Å². The van der Waals surface area contributed by atoms with Gasteiger partial charge in [-0.3, -0.25) is 4.79 Å². The Labute approximate surface area is 126 Å². The van der Waals surface area contributed by atoms with E-state index in [1.165, 1.54) is 6.08 Å². The minimum atomic E-state index is -0.00111. The highest BCUT2D eigenvalue weighted by molar-refractivity contribution is 9.10. The van der Waals surface area contributed by atoms with E-state index in [2.05, 4.69) is 32.4 Å². The number of nitrogens with zero attached hydrogens (tertiary/aromatic N) is 3. The van der Waals surface area contributed by atoms with Crippen LogP contribution in [0, 0.1) is 0 Å². The standard InChI is InChI=1S/C14H16BrN3O2/c1-2-13(19)17-4-5-18-11(9-17)3-6-20-12-7-10(15)8-16-14(12)18/h2,7-8,11H,1,3-6,9H2. The van der Waals surface area contributed by atoms with E-state index in [4.69, 9.17) is 4.74 Å². The Morgan fingerprint density at radius 2 is 2.40 bits per heavy atom. The first-order valence-corrected chi connectivity index (χ1v) is 7.44. The molecule has 2 aliphatic rings. The van der Waals surface area contributed by atoms with Crippen molar-refractivity contribution in [2.24, 2.45) is 0 Å². The first-order chi connectivity index (χ1) is 9.69. The van der Waals surface area contributed by atoms with Crippen molar-refractivity contribution < 1.29 is 9.53 Å². The number of amides is 1. The van der Waals surface area contributed by atoms with E-state index >= 15 is 0 Å². The van der Waals surface area contributed by atoms with Crippen LogP contribution in [-0.2, 0) is 4.79 Å². The van der Waals surface area contributed by atoms with Gasteiger partial charge in [-0.05, 0) is 28.1 Å². The quantitative estimate of drug-likeness (QED) is 0.733. The molecule has 0 spiro atoms. The number of hydrogen-bond acceptors (Lipinski definition) is 4. The van der Waals surface area contributed by atoms with Crippen molar-refractivity contribution in [3.8, 4) is 5.75 Å². The Balaban J connectivity index is 1.87. The normalized spacial score (nSPS) is 21.4. The van der Waals surface area contributed by atoms with Crippen molar-refractivity contribution in [3.05, 3.63) is 29.4 Å². The molecule has 0 N–H and O–H groups in total. The van der Waals surface area contributed by atoms with E-state index in [0.29, 0.717) is 19.7 Å². The summed E-state index contributed by atoms with van der Waals surface area (Å²) in [7, 11) is 0. The van der Waals surface area contributed by atoms with E-state index in [1.54, 1.807) is 6.20 Å². The Hall–Kier alpha value is -1.56.